The molecule has 0 bridgehead atoms. The SMILES string of the molecule is CCOc1cccc(CN2C[C@H](NC(=O)c3cccc(-c4ccc(F)cc4)c3)C[C@H]2C(=O)OC)c1O. The van der Waals surface area contributed by atoms with Crippen molar-refractivity contribution in [3.63, 3.8) is 0 Å². The molecule has 0 saturated carbocycles. The Hall–Kier alpha value is -3.91. The number of likely N-dealkylation sites (tertiary alicyclic amines) is 1. The van der Waals surface area contributed by atoms with Crippen LogP contribution in [0, 0.1) is 5.82 Å². The highest BCUT2D eigenvalue weighted by Gasteiger charge is 2.38. The maximum Gasteiger partial charge on any atom is 0.323 e. The van der Waals surface area contributed by atoms with Crippen molar-refractivity contribution in [2.24, 2.45) is 0 Å². The van der Waals surface area contributed by atoms with E-state index in [0.717, 1.165) is 11.1 Å². The molecule has 0 radical (unpaired) electrons. The molecule has 1 aliphatic rings. The van der Waals surface area contributed by atoms with E-state index in [1.165, 1.54) is 19.2 Å². The van der Waals surface area contributed by atoms with Crippen LogP contribution in [0.3, 0.4) is 0 Å². The monoisotopic (exact) mass is 492 g/mol. The van der Waals surface area contributed by atoms with Crippen LogP contribution < -0.4 is 10.1 Å². The quantitative estimate of drug-likeness (QED) is 0.460. The van der Waals surface area contributed by atoms with Crippen molar-refractivity contribution in [1.82, 2.24) is 10.2 Å². The summed E-state index contributed by atoms with van der Waals surface area (Å²) in [6.45, 7) is 2.95. The third-order valence-corrected chi connectivity index (χ3v) is 6.27. The third kappa shape index (κ3) is 5.66. The van der Waals surface area contributed by atoms with Gasteiger partial charge < -0.3 is 19.9 Å². The maximum atomic E-state index is 13.3. The Kier molecular flexibility index (Phi) is 7.85. The molecule has 8 heteroatoms. The number of methoxy groups -OCH3 is 1. The molecule has 1 aliphatic heterocycles. The number of halogens is 1. The molecule has 0 unspecified atom stereocenters. The smallest absolute Gasteiger partial charge is 0.323 e. The second-order valence-corrected chi connectivity index (χ2v) is 8.66. The van der Waals surface area contributed by atoms with Gasteiger partial charge in [-0.25, -0.2) is 4.39 Å². The average Bonchev–Trinajstić information content (AvgIpc) is 3.28. The zero-order chi connectivity index (χ0) is 25.7. The fourth-order valence-electron chi connectivity index (χ4n) is 4.50. The summed E-state index contributed by atoms with van der Waals surface area (Å²) in [5, 5.41) is 13.6. The zero-order valence-corrected chi connectivity index (χ0v) is 20.2. The zero-order valence-electron chi connectivity index (χ0n) is 20.2. The molecule has 0 spiro atoms. The number of hydrogen-bond donors (Lipinski definition) is 2. The van der Waals surface area contributed by atoms with Crippen LogP contribution in [0.2, 0.25) is 0 Å². The molecule has 2 N–H and O–H groups in total. The fourth-order valence-corrected chi connectivity index (χ4v) is 4.50. The minimum atomic E-state index is -0.569. The van der Waals surface area contributed by atoms with Crippen molar-refractivity contribution in [1.29, 1.82) is 0 Å². The van der Waals surface area contributed by atoms with Gasteiger partial charge in [0.15, 0.2) is 11.5 Å². The molecule has 3 aromatic rings. The molecule has 0 aliphatic carbocycles. The number of rotatable bonds is 8. The second kappa shape index (κ2) is 11.2. The standard InChI is InChI=1S/C28H29FN2O5/c1-3-36-25-9-5-8-21(26(25)32)16-31-17-23(15-24(31)28(34)35-2)30-27(33)20-7-4-6-19(14-20)18-10-12-22(29)13-11-18/h4-14,23-24,32H,3,15-17H2,1-2H3,(H,30,33)/t23-,24+/m1/s1. The van der Waals surface area contributed by atoms with E-state index < -0.39 is 12.0 Å². The van der Waals surface area contributed by atoms with E-state index in [0.29, 0.717) is 43.0 Å². The Balaban J connectivity index is 1.48. The van der Waals surface area contributed by atoms with E-state index in [2.05, 4.69) is 5.32 Å². The summed E-state index contributed by atoms with van der Waals surface area (Å²) < 4.78 is 23.7. The number of aromatic hydroxyl groups is 1. The first-order chi connectivity index (χ1) is 17.4. The molecule has 4 rings (SSSR count). The van der Waals surface area contributed by atoms with Gasteiger partial charge in [0, 0.05) is 30.3 Å². The molecule has 3 aromatic carbocycles. The van der Waals surface area contributed by atoms with Gasteiger partial charge in [-0.3, -0.25) is 14.5 Å². The van der Waals surface area contributed by atoms with Crippen LogP contribution in [0.4, 0.5) is 4.39 Å². The van der Waals surface area contributed by atoms with Gasteiger partial charge in [0.25, 0.3) is 5.91 Å². The summed E-state index contributed by atoms with van der Waals surface area (Å²) in [7, 11) is 1.33. The molecule has 1 saturated heterocycles. The van der Waals surface area contributed by atoms with E-state index in [9.17, 15) is 19.1 Å². The van der Waals surface area contributed by atoms with Crippen molar-refractivity contribution in [2.45, 2.75) is 32.0 Å². The molecular formula is C28H29FN2O5. The van der Waals surface area contributed by atoms with Crippen molar-refractivity contribution >= 4 is 11.9 Å². The van der Waals surface area contributed by atoms with Crippen LogP contribution in [0.25, 0.3) is 11.1 Å². The van der Waals surface area contributed by atoms with E-state index >= 15 is 0 Å². The lowest BCUT2D eigenvalue weighted by atomic mass is 10.0. The lowest BCUT2D eigenvalue weighted by Crippen LogP contribution is -2.37. The summed E-state index contributed by atoms with van der Waals surface area (Å²) in [4.78, 5) is 27.4. The predicted octanol–water partition coefficient (Wildman–Crippen LogP) is 4.14. The van der Waals surface area contributed by atoms with E-state index in [1.54, 1.807) is 48.5 Å². The molecule has 0 aromatic heterocycles. The summed E-state index contributed by atoms with van der Waals surface area (Å²) in [5.41, 5.74) is 2.69. The van der Waals surface area contributed by atoms with Gasteiger partial charge in [-0.2, -0.15) is 0 Å². The molecule has 188 valence electrons. The number of carbonyl (C=O) groups is 2. The van der Waals surface area contributed by atoms with Gasteiger partial charge in [-0.15, -0.1) is 0 Å². The Labute approximate surface area is 209 Å². The maximum absolute atomic E-state index is 13.3. The number of para-hydroxylation sites is 1. The largest absolute Gasteiger partial charge is 0.504 e. The first-order valence-corrected chi connectivity index (χ1v) is 11.8. The number of amides is 1. The van der Waals surface area contributed by atoms with Crippen molar-refractivity contribution in [2.75, 3.05) is 20.3 Å². The van der Waals surface area contributed by atoms with Crippen LogP contribution in [-0.2, 0) is 16.1 Å². The van der Waals surface area contributed by atoms with Gasteiger partial charge in [-0.05, 0) is 54.8 Å². The first-order valence-electron chi connectivity index (χ1n) is 11.8. The predicted molar refractivity (Wildman–Crippen MR) is 133 cm³/mol. The molecule has 1 heterocycles. The van der Waals surface area contributed by atoms with Crippen LogP contribution in [0.1, 0.15) is 29.3 Å². The third-order valence-electron chi connectivity index (χ3n) is 6.27. The normalized spacial score (nSPS) is 17.5. The Morgan fingerprint density at radius 1 is 1.08 bits per heavy atom. The van der Waals surface area contributed by atoms with E-state index in [4.69, 9.17) is 9.47 Å². The molecule has 1 fully saturated rings. The minimum absolute atomic E-state index is 0.0352. The fraction of sp³-hybridized carbons (Fsp3) is 0.286. The highest BCUT2D eigenvalue weighted by Crippen LogP contribution is 2.32. The van der Waals surface area contributed by atoms with Gasteiger partial charge in [0.05, 0.1) is 13.7 Å². The number of ether oxygens (including phenoxy) is 2. The number of carbonyl (C=O) groups excluding carboxylic acids is 2. The van der Waals surface area contributed by atoms with E-state index in [-0.39, 0.29) is 23.5 Å². The Morgan fingerprint density at radius 3 is 2.56 bits per heavy atom. The molecule has 7 nitrogen and oxygen atoms in total. The summed E-state index contributed by atoms with van der Waals surface area (Å²) in [6, 6.07) is 17.6. The number of nitrogens with one attached hydrogen (secondary N) is 1. The molecule has 2 atom stereocenters. The topological polar surface area (TPSA) is 88.1 Å². The molecule has 1 amide bonds. The number of phenolic OH excluding ortho intramolecular Hbond substituents is 1. The summed E-state index contributed by atoms with van der Waals surface area (Å²) >= 11 is 0. The second-order valence-electron chi connectivity index (χ2n) is 8.66. The summed E-state index contributed by atoms with van der Waals surface area (Å²) in [6.07, 6.45) is 0.377. The minimum Gasteiger partial charge on any atom is -0.504 e. The van der Waals surface area contributed by atoms with Crippen molar-refractivity contribution in [3.8, 4) is 22.6 Å². The lowest BCUT2D eigenvalue weighted by molar-refractivity contribution is -0.146. The van der Waals surface area contributed by atoms with Crippen LogP contribution in [-0.4, -0.2) is 54.2 Å². The van der Waals surface area contributed by atoms with Crippen molar-refractivity contribution in [3.05, 3.63) is 83.7 Å². The van der Waals surface area contributed by atoms with Crippen LogP contribution in [0.15, 0.2) is 66.7 Å². The highest BCUT2D eigenvalue weighted by molar-refractivity contribution is 5.95. The Bertz CT molecular complexity index is 1230. The van der Waals surface area contributed by atoms with E-state index in [1.807, 2.05) is 17.9 Å². The average molecular weight is 493 g/mol. The van der Waals surface area contributed by atoms with Crippen molar-refractivity contribution < 1.29 is 28.6 Å². The molecule has 36 heavy (non-hydrogen) atoms. The first kappa shape index (κ1) is 25.2. The highest BCUT2D eigenvalue weighted by atomic mass is 19.1. The van der Waals surface area contributed by atoms with Gasteiger partial charge in [-0.1, -0.05) is 36.4 Å². The van der Waals surface area contributed by atoms with Gasteiger partial charge >= 0.3 is 5.97 Å². The number of benzene rings is 3. The number of hydrogen-bond acceptors (Lipinski definition) is 6. The van der Waals surface area contributed by atoms with Gasteiger partial charge in [0.1, 0.15) is 11.9 Å². The summed E-state index contributed by atoms with van der Waals surface area (Å²) in [5.74, 6) is -0.569. The van der Waals surface area contributed by atoms with Crippen LogP contribution in [0.5, 0.6) is 11.5 Å². The Morgan fingerprint density at radius 2 is 1.83 bits per heavy atom. The number of nitrogens with zero attached hydrogens (tertiary/aromatic N) is 1. The lowest BCUT2D eigenvalue weighted by Gasteiger charge is -2.23. The van der Waals surface area contributed by atoms with Crippen LogP contribution >= 0.6 is 0 Å². The van der Waals surface area contributed by atoms with Gasteiger partial charge in [0.2, 0.25) is 0 Å². The number of esters is 1. The number of phenols is 1. The molecular weight excluding hydrogens is 463 g/mol.